The summed E-state index contributed by atoms with van der Waals surface area (Å²) in [6, 6.07) is 0. The Morgan fingerprint density at radius 1 is 1.56 bits per heavy atom. The lowest BCUT2D eigenvalue weighted by molar-refractivity contribution is -0.126. The van der Waals surface area contributed by atoms with Crippen LogP contribution in [0.5, 0.6) is 0 Å². The zero-order valence-electron chi connectivity index (χ0n) is 10.6. The van der Waals surface area contributed by atoms with Crippen LogP contribution in [-0.2, 0) is 9.59 Å². The van der Waals surface area contributed by atoms with Gasteiger partial charge in [-0.25, -0.2) is 0 Å². The molecule has 0 aliphatic carbocycles. The van der Waals surface area contributed by atoms with E-state index < -0.39 is 0 Å². The normalized spacial score (nSPS) is 22.8. The van der Waals surface area contributed by atoms with Gasteiger partial charge in [-0.15, -0.1) is 0 Å². The largest absolute Gasteiger partial charge is 0.356 e. The third kappa shape index (κ3) is 3.51. The third-order valence-corrected chi connectivity index (χ3v) is 3.41. The fourth-order valence-electron chi connectivity index (χ4n) is 1.49. The van der Waals surface area contributed by atoms with Gasteiger partial charge in [0.05, 0.1) is 5.92 Å². The molecule has 1 heterocycles. The van der Waals surface area contributed by atoms with E-state index in [0.717, 1.165) is 0 Å². The van der Waals surface area contributed by atoms with E-state index in [1.54, 1.807) is 0 Å². The molecule has 2 atom stereocenters. The highest BCUT2D eigenvalue weighted by molar-refractivity contribution is 5.89. The molecule has 0 spiro atoms. The van der Waals surface area contributed by atoms with Crippen molar-refractivity contribution in [3.8, 4) is 0 Å². The molecule has 4 nitrogen and oxygen atoms in total. The van der Waals surface area contributed by atoms with Gasteiger partial charge < -0.3 is 10.6 Å². The average molecular weight is 226 g/mol. The van der Waals surface area contributed by atoms with Crippen molar-refractivity contribution < 1.29 is 9.59 Å². The maximum atomic E-state index is 11.7. The van der Waals surface area contributed by atoms with Gasteiger partial charge in [0.15, 0.2) is 0 Å². The highest BCUT2D eigenvalue weighted by Gasteiger charge is 2.28. The van der Waals surface area contributed by atoms with E-state index in [2.05, 4.69) is 38.3 Å². The van der Waals surface area contributed by atoms with E-state index in [0.29, 0.717) is 25.4 Å². The lowest BCUT2D eigenvalue weighted by Crippen LogP contribution is -2.37. The fraction of sp³-hybridized carbons (Fsp3) is 0.833. The summed E-state index contributed by atoms with van der Waals surface area (Å²) in [4.78, 5) is 22.7. The zero-order chi connectivity index (χ0) is 12.3. The highest BCUT2D eigenvalue weighted by Crippen LogP contribution is 2.24. The summed E-state index contributed by atoms with van der Waals surface area (Å²) in [5.41, 5.74) is 0.191. The molecule has 0 radical (unpaired) electrons. The van der Waals surface area contributed by atoms with Crippen LogP contribution in [0.1, 0.15) is 34.1 Å². The Hall–Kier alpha value is -1.06. The Labute approximate surface area is 97.2 Å². The maximum Gasteiger partial charge on any atom is 0.225 e. The Balaban J connectivity index is 2.33. The Morgan fingerprint density at radius 2 is 2.19 bits per heavy atom. The van der Waals surface area contributed by atoms with Crippen molar-refractivity contribution in [2.75, 3.05) is 13.1 Å². The summed E-state index contributed by atoms with van der Waals surface area (Å²) in [5.74, 6) is 0.208. The number of carbonyl (C=O) groups is 2. The Morgan fingerprint density at radius 3 is 2.62 bits per heavy atom. The third-order valence-electron chi connectivity index (χ3n) is 3.41. The number of carbonyl (C=O) groups excluding carboxylic acids is 2. The van der Waals surface area contributed by atoms with Crippen molar-refractivity contribution in [1.29, 1.82) is 0 Å². The van der Waals surface area contributed by atoms with Crippen molar-refractivity contribution in [3.63, 3.8) is 0 Å². The molecule has 1 saturated heterocycles. The van der Waals surface area contributed by atoms with Crippen LogP contribution in [0.2, 0.25) is 0 Å². The Kier molecular flexibility index (Phi) is 3.94. The van der Waals surface area contributed by atoms with Crippen molar-refractivity contribution in [3.05, 3.63) is 0 Å². The van der Waals surface area contributed by atoms with Gasteiger partial charge in [0.25, 0.3) is 0 Å². The topological polar surface area (TPSA) is 58.2 Å². The van der Waals surface area contributed by atoms with Crippen molar-refractivity contribution in [1.82, 2.24) is 10.6 Å². The van der Waals surface area contributed by atoms with Crippen LogP contribution in [0.4, 0.5) is 0 Å². The molecule has 2 amide bonds. The van der Waals surface area contributed by atoms with Crippen molar-refractivity contribution >= 4 is 11.8 Å². The van der Waals surface area contributed by atoms with E-state index in [9.17, 15) is 9.59 Å². The van der Waals surface area contributed by atoms with Gasteiger partial charge >= 0.3 is 0 Å². The molecule has 0 bridgehead atoms. The second kappa shape index (κ2) is 4.85. The molecule has 92 valence electrons. The van der Waals surface area contributed by atoms with E-state index in [4.69, 9.17) is 0 Å². The van der Waals surface area contributed by atoms with Gasteiger partial charge in [-0.2, -0.15) is 0 Å². The molecular formula is C12H22N2O2. The first kappa shape index (κ1) is 13.0. The molecule has 1 aliphatic rings. The molecule has 0 aromatic carbocycles. The van der Waals surface area contributed by atoms with Gasteiger partial charge in [0.2, 0.25) is 11.8 Å². The second-order valence-corrected chi connectivity index (χ2v) is 5.72. The number of amides is 2. The molecular weight excluding hydrogens is 204 g/mol. The predicted octanol–water partition coefficient (Wildman–Crippen LogP) is 0.921. The SMILES string of the molecule is CC(CNC(=O)C1CNC(=O)C1)C(C)(C)C. The van der Waals surface area contributed by atoms with Gasteiger partial charge in [0.1, 0.15) is 0 Å². The number of hydrogen-bond acceptors (Lipinski definition) is 2. The minimum absolute atomic E-state index is 0.00514. The molecule has 2 N–H and O–H groups in total. The molecule has 2 unspecified atom stereocenters. The monoisotopic (exact) mass is 226 g/mol. The minimum atomic E-state index is -0.181. The number of hydrogen-bond donors (Lipinski definition) is 2. The van der Waals surface area contributed by atoms with Crippen LogP contribution in [0, 0.1) is 17.3 Å². The molecule has 0 saturated carbocycles. The first-order valence-electron chi connectivity index (χ1n) is 5.85. The van der Waals surface area contributed by atoms with Crippen molar-refractivity contribution in [2.45, 2.75) is 34.1 Å². The molecule has 0 aromatic rings. The molecule has 1 fully saturated rings. The fourth-order valence-corrected chi connectivity index (χ4v) is 1.49. The van der Waals surface area contributed by atoms with Crippen LogP contribution in [0.25, 0.3) is 0 Å². The van der Waals surface area contributed by atoms with Crippen LogP contribution in [-0.4, -0.2) is 24.9 Å². The predicted molar refractivity (Wildman–Crippen MR) is 62.7 cm³/mol. The van der Waals surface area contributed by atoms with Crippen LogP contribution >= 0.6 is 0 Å². The van der Waals surface area contributed by atoms with Gasteiger partial charge in [-0.05, 0) is 11.3 Å². The second-order valence-electron chi connectivity index (χ2n) is 5.72. The van der Waals surface area contributed by atoms with Gasteiger partial charge in [-0.3, -0.25) is 9.59 Å². The standard InChI is InChI=1S/C12H22N2O2/c1-8(12(2,3)4)6-14-11(16)9-5-10(15)13-7-9/h8-9H,5-7H2,1-4H3,(H,13,15)(H,14,16). The summed E-state index contributed by atoms with van der Waals surface area (Å²) < 4.78 is 0. The molecule has 4 heteroatoms. The smallest absolute Gasteiger partial charge is 0.225 e. The molecule has 0 aromatic heterocycles. The summed E-state index contributed by atoms with van der Waals surface area (Å²) in [7, 11) is 0. The van der Waals surface area contributed by atoms with Gasteiger partial charge in [0, 0.05) is 19.5 Å². The average Bonchev–Trinajstić information content (AvgIpc) is 2.59. The summed E-state index contributed by atoms with van der Waals surface area (Å²) in [6.07, 6.45) is 0.329. The summed E-state index contributed by atoms with van der Waals surface area (Å²) in [5, 5.41) is 5.59. The Bertz CT molecular complexity index is 281. The van der Waals surface area contributed by atoms with E-state index in [-0.39, 0.29) is 23.1 Å². The van der Waals surface area contributed by atoms with E-state index in [1.807, 2.05) is 0 Å². The van der Waals surface area contributed by atoms with Crippen LogP contribution in [0.3, 0.4) is 0 Å². The van der Waals surface area contributed by atoms with Crippen LogP contribution < -0.4 is 10.6 Å². The first-order chi connectivity index (χ1) is 7.30. The molecule has 1 rings (SSSR count). The van der Waals surface area contributed by atoms with E-state index in [1.165, 1.54) is 0 Å². The lowest BCUT2D eigenvalue weighted by atomic mass is 9.82. The number of rotatable bonds is 3. The van der Waals surface area contributed by atoms with Crippen molar-refractivity contribution in [2.24, 2.45) is 17.3 Å². The zero-order valence-corrected chi connectivity index (χ0v) is 10.6. The van der Waals surface area contributed by atoms with Gasteiger partial charge in [-0.1, -0.05) is 27.7 Å². The quantitative estimate of drug-likeness (QED) is 0.752. The highest BCUT2D eigenvalue weighted by atomic mass is 16.2. The van der Waals surface area contributed by atoms with E-state index >= 15 is 0 Å². The number of nitrogens with one attached hydrogen (secondary N) is 2. The summed E-state index contributed by atoms with van der Waals surface area (Å²) in [6.45, 7) is 9.75. The molecule has 16 heavy (non-hydrogen) atoms. The lowest BCUT2D eigenvalue weighted by Gasteiger charge is -2.27. The summed E-state index contributed by atoms with van der Waals surface area (Å²) >= 11 is 0. The molecule has 1 aliphatic heterocycles. The minimum Gasteiger partial charge on any atom is -0.356 e. The van der Waals surface area contributed by atoms with Crippen LogP contribution in [0.15, 0.2) is 0 Å². The first-order valence-corrected chi connectivity index (χ1v) is 5.85. The maximum absolute atomic E-state index is 11.7.